The number of amides is 1. The molecule has 2 unspecified atom stereocenters. The van der Waals surface area contributed by atoms with Gasteiger partial charge < -0.3 is 19.5 Å². The fraction of sp³-hybridized carbons (Fsp3) is 0.900. The maximum absolute atomic E-state index is 11.7. The highest BCUT2D eigenvalue weighted by atomic mass is 16.5. The number of ether oxygens (including phenoxy) is 1. The first kappa shape index (κ1) is 10.9. The Morgan fingerprint density at radius 2 is 2.00 bits per heavy atom. The molecule has 2 aliphatic heterocycles. The number of rotatable bonds is 2. The van der Waals surface area contributed by atoms with Crippen molar-refractivity contribution in [1.82, 2.24) is 4.90 Å². The lowest BCUT2D eigenvalue weighted by molar-refractivity contribution is -0.850. The van der Waals surface area contributed by atoms with Crippen LogP contribution in [0.15, 0.2) is 0 Å². The molecular weight excluding hydrogens is 196 g/mol. The number of carbonyl (C=O) groups is 1. The molecule has 2 rings (SSSR count). The van der Waals surface area contributed by atoms with E-state index in [1.807, 2.05) is 4.90 Å². The van der Waals surface area contributed by atoms with Gasteiger partial charge in [0.1, 0.15) is 6.61 Å². The van der Waals surface area contributed by atoms with Gasteiger partial charge in [-0.05, 0) is 0 Å². The quantitative estimate of drug-likeness (QED) is 0.467. The van der Waals surface area contributed by atoms with Crippen molar-refractivity contribution in [2.45, 2.75) is 0 Å². The molecule has 2 fully saturated rings. The number of quaternary nitrogens is 1. The van der Waals surface area contributed by atoms with Gasteiger partial charge in [-0.1, -0.05) is 0 Å². The van der Waals surface area contributed by atoms with Crippen molar-refractivity contribution in [3.05, 3.63) is 5.21 Å². The van der Waals surface area contributed by atoms with Crippen molar-refractivity contribution < 1.29 is 14.2 Å². The number of carbonyl (C=O) groups excluding carboxylic acids is 1. The van der Waals surface area contributed by atoms with Gasteiger partial charge in [0.15, 0.2) is 0 Å². The zero-order valence-corrected chi connectivity index (χ0v) is 9.31. The minimum atomic E-state index is -0.137. The molecule has 15 heavy (non-hydrogen) atoms. The second kappa shape index (κ2) is 3.73. The summed E-state index contributed by atoms with van der Waals surface area (Å²) in [6, 6.07) is 0. The number of nitrogens with zero attached hydrogens (tertiary/aromatic N) is 2. The Balaban J connectivity index is 1.91. The van der Waals surface area contributed by atoms with Gasteiger partial charge >= 0.3 is 0 Å². The van der Waals surface area contributed by atoms with E-state index in [0.717, 1.165) is 13.1 Å². The highest BCUT2D eigenvalue weighted by molar-refractivity contribution is 5.77. The number of methoxy groups -OCH3 is 1. The van der Waals surface area contributed by atoms with Crippen LogP contribution in [0.1, 0.15) is 0 Å². The molecule has 0 radical (unpaired) electrons. The van der Waals surface area contributed by atoms with Crippen LogP contribution in [0.3, 0.4) is 0 Å². The van der Waals surface area contributed by atoms with Crippen LogP contribution in [-0.2, 0) is 9.53 Å². The first-order chi connectivity index (χ1) is 7.02. The molecule has 0 aliphatic carbocycles. The van der Waals surface area contributed by atoms with Crippen molar-refractivity contribution in [1.29, 1.82) is 0 Å². The van der Waals surface area contributed by atoms with Crippen molar-refractivity contribution in [3.63, 3.8) is 0 Å². The summed E-state index contributed by atoms with van der Waals surface area (Å²) >= 11 is 0. The summed E-state index contributed by atoms with van der Waals surface area (Å²) in [7, 11) is 3.25. The number of hydroxylamine groups is 3. The Labute approximate surface area is 89.8 Å². The first-order valence-corrected chi connectivity index (χ1v) is 5.34. The number of fused-ring (bicyclic) bond motifs is 1. The van der Waals surface area contributed by atoms with Gasteiger partial charge in [0.2, 0.25) is 5.91 Å². The molecule has 0 saturated carbocycles. The van der Waals surface area contributed by atoms with Crippen LogP contribution in [0.2, 0.25) is 0 Å². The molecule has 2 aliphatic rings. The molecule has 0 spiro atoms. The topological polar surface area (TPSA) is 52.6 Å². The molecule has 86 valence electrons. The largest absolute Gasteiger partial charge is 0.633 e. The predicted molar refractivity (Wildman–Crippen MR) is 54.7 cm³/mol. The molecule has 2 heterocycles. The summed E-state index contributed by atoms with van der Waals surface area (Å²) in [5.74, 6) is 0.841. The fourth-order valence-electron chi connectivity index (χ4n) is 2.84. The predicted octanol–water partition coefficient (Wildman–Crippen LogP) is -0.335. The van der Waals surface area contributed by atoms with Crippen molar-refractivity contribution >= 4 is 5.91 Å². The number of likely N-dealkylation sites (tertiary alicyclic amines) is 2. The highest BCUT2D eigenvalue weighted by Gasteiger charge is 2.45. The van der Waals surface area contributed by atoms with E-state index < -0.39 is 0 Å². The van der Waals surface area contributed by atoms with Gasteiger partial charge in [-0.15, -0.1) is 0 Å². The van der Waals surface area contributed by atoms with Crippen molar-refractivity contribution in [2.75, 3.05) is 46.9 Å². The van der Waals surface area contributed by atoms with E-state index in [-0.39, 0.29) is 17.2 Å². The maximum atomic E-state index is 11.7. The second-order valence-corrected chi connectivity index (χ2v) is 4.91. The lowest BCUT2D eigenvalue weighted by atomic mass is 10.0. The van der Waals surface area contributed by atoms with Crippen LogP contribution in [0.25, 0.3) is 0 Å². The average molecular weight is 214 g/mol. The molecule has 1 amide bonds. The molecule has 0 aromatic carbocycles. The summed E-state index contributed by atoms with van der Waals surface area (Å²) in [5.41, 5.74) is 0. The smallest absolute Gasteiger partial charge is 0.248 e. The molecule has 0 N–H and O–H groups in total. The number of hydrogen-bond donors (Lipinski definition) is 0. The molecule has 0 aromatic rings. The van der Waals surface area contributed by atoms with Crippen molar-refractivity contribution in [3.8, 4) is 0 Å². The second-order valence-electron chi connectivity index (χ2n) is 4.91. The minimum absolute atomic E-state index is 0.0482. The Morgan fingerprint density at radius 3 is 2.47 bits per heavy atom. The third kappa shape index (κ3) is 2.14. The van der Waals surface area contributed by atoms with Gasteiger partial charge in [0.25, 0.3) is 0 Å². The normalized spacial score (nSPS) is 39.5. The summed E-state index contributed by atoms with van der Waals surface area (Å²) in [6.07, 6.45) is 0. The molecule has 2 atom stereocenters. The monoisotopic (exact) mass is 214 g/mol. The van der Waals surface area contributed by atoms with Crippen LogP contribution >= 0.6 is 0 Å². The summed E-state index contributed by atoms with van der Waals surface area (Å²) in [5, 5.41) is 11.7. The van der Waals surface area contributed by atoms with Crippen LogP contribution in [-0.4, -0.2) is 62.4 Å². The third-order valence-corrected chi connectivity index (χ3v) is 3.44. The van der Waals surface area contributed by atoms with E-state index in [1.54, 1.807) is 7.05 Å². The van der Waals surface area contributed by atoms with Gasteiger partial charge in [-0.3, -0.25) is 4.79 Å². The summed E-state index contributed by atoms with van der Waals surface area (Å²) in [4.78, 5) is 13.4. The molecule has 2 saturated heterocycles. The Bertz CT molecular complexity index is 251. The van der Waals surface area contributed by atoms with Crippen LogP contribution < -0.4 is 0 Å². The van der Waals surface area contributed by atoms with Gasteiger partial charge in [0, 0.05) is 32.0 Å². The van der Waals surface area contributed by atoms with Gasteiger partial charge in [-0.25, -0.2) is 0 Å². The lowest BCUT2D eigenvalue weighted by Crippen LogP contribution is -2.40. The van der Waals surface area contributed by atoms with Gasteiger partial charge in [-0.2, -0.15) is 0 Å². The first-order valence-electron chi connectivity index (χ1n) is 5.34. The fourth-order valence-corrected chi connectivity index (χ4v) is 2.84. The molecular formula is C10H18N2O3. The maximum Gasteiger partial charge on any atom is 0.248 e. The van der Waals surface area contributed by atoms with E-state index in [0.29, 0.717) is 24.9 Å². The van der Waals surface area contributed by atoms with Crippen LogP contribution in [0.5, 0.6) is 0 Å². The van der Waals surface area contributed by atoms with E-state index in [1.165, 1.54) is 7.11 Å². The highest BCUT2D eigenvalue weighted by Crippen LogP contribution is 2.33. The SMILES string of the molecule is COCC(=O)N1CC2C[N+](C)([O-])CC2C1. The molecule has 5 nitrogen and oxygen atoms in total. The molecule has 0 bridgehead atoms. The average Bonchev–Trinajstić information content (AvgIpc) is 2.57. The third-order valence-electron chi connectivity index (χ3n) is 3.44. The van der Waals surface area contributed by atoms with Crippen LogP contribution in [0, 0.1) is 17.0 Å². The Morgan fingerprint density at radius 1 is 1.47 bits per heavy atom. The zero-order chi connectivity index (χ0) is 11.1. The summed E-state index contributed by atoms with van der Waals surface area (Å²) < 4.78 is 4.69. The van der Waals surface area contributed by atoms with E-state index in [2.05, 4.69) is 0 Å². The standard InChI is InChI=1S/C10H18N2O3/c1-12(14)5-8-3-11(4-9(8)6-12)10(13)7-15-2/h8-9H,3-7H2,1-2H3. The summed E-state index contributed by atoms with van der Waals surface area (Å²) in [6.45, 7) is 2.94. The van der Waals surface area contributed by atoms with Gasteiger partial charge in [0.05, 0.1) is 20.1 Å². The molecule has 5 heteroatoms. The van der Waals surface area contributed by atoms with Crippen LogP contribution in [0.4, 0.5) is 0 Å². The Hall–Kier alpha value is -0.650. The van der Waals surface area contributed by atoms with Crippen molar-refractivity contribution in [2.24, 2.45) is 11.8 Å². The van der Waals surface area contributed by atoms with E-state index >= 15 is 0 Å². The lowest BCUT2D eigenvalue weighted by Gasteiger charge is -2.35. The molecule has 0 aromatic heterocycles. The zero-order valence-electron chi connectivity index (χ0n) is 9.31. The minimum Gasteiger partial charge on any atom is -0.633 e. The Kier molecular flexibility index (Phi) is 2.70. The number of hydrogen-bond acceptors (Lipinski definition) is 3. The van der Waals surface area contributed by atoms with E-state index in [9.17, 15) is 10.0 Å². The van der Waals surface area contributed by atoms with E-state index in [4.69, 9.17) is 4.74 Å².